The molecule has 0 fully saturated rings. The molecule has 3 rings (SSSR count). The molecule has 0 aromatic carbocycles. The molecule has 4 nitrogen and oxygen atoms in total. The zero-order valence-electron chi connectivity index (χ0n) is 16.8. The highest BCUT2D eigenvalue weighted by molar-refractivity contribution is 9.10. The average Bonchev–Trinajstić information content (AvgIpc) is 2.51. The Morgan fingerprint density at radius 1 is 0.786 bits per heavy atom. The topological polar surface area (TPSA) is 58.6 Å². The number of aromatic amines is 1. The summed E-state index contributed by atoms with van der Waals surface area (Å²) in [6.45, 7) is 11.4. The van der Waals surface area contributed by atoms with E-state index in [1.807, 2.05) is 59.7 Å². The fraction of sp³-hybridized carbons (Fsp3) is 0.286. The summed E-state index contributed by atoms with van der Waals surface area (Å²) in [5.74, 6) is 0. The van der Waals surface area contributed by atoms with Gasteiger partial charge in [0.05, 0.1) is 15.2 Å². The van der Waals surface area contributed by atoms with Crippen molar-refractivity contribution in [1.29, 1.82) is 0 Å². The van der Waals surface area contributed by atoms with Gasteiger partial charge in [-0.3, -0.25) is 14.8 Å². The Bertz CT molecular complexity index is 906. The van der Waals surface area contributed by atoms with E-state index in [9.17, 15) is 4.79 Å². The molecule has 0 aliphatic rings. The Hall–Kier alpha value is -1.69. The molecule has 0 amide bonds. The number of rotatable bonds is 0. The third kappa shape index (κ3) is 9.00. The van der Waals surface area contributed by atoms with E-state index < -0.39 is 0 Å². The van der Waals surface area contributed by atoms with Gasteiger partial charge in [0.25, 0.3) is 0 Å². The van der Waals surface area contributed by atoms with E-state index in [1.165, 1.54) is 0 Å². The highest BCUT2D eigenvalue weighted by Gasteiger charge is 2.01. The van der Waals surface area contributed by atoms with Gasteiger partial charge in [-0.05, 0) is 75.7 Å². The Labute approximate surface area is 184 Å². The highest BCUT2D eigenvalue weighted by Crippen LogP contribution is 2.24. The minimum absolute atomic E-state index is 0.0729. The normalized spacial score (nSPS) is 9.75. The number of hydrogen-bond donors (Lipinski definition) is 1. The maximum absolute atomic E-state index is 10.7. The molecule has 0 unspecified atom stereocenters. The molecule has 3 aromatic heterocycles. The van der Waals surface area contributed by atoms with Gasteiger partial charge in [0.1, 0.15) is 0 Å². The lowest BCUT2D eigenvalue weighted by atomic mass is 10.3. The van der Waals surface area contributed by atoms with E-state index in [0.29, 0.717) is 0 Å². The zero-order valence-corrected chi connectivity index (χ0v) is 19.9. The number of aryl methyl sites for hydroxylation is 6. The van der Waals surface area contributed by atoms with Crippen molar-refractivity contribution in [3.8, 4) is 0 Å². The summed E-state index contributed by atoms with van der Waals surface area (Å²) in [4.78, 5) is 22.1. The second-order valence-corrected chi connectivity index (χ2v) is 8.03. The predicted octanol–water partition coefficient (Wildman–Crippen LogP) is 6.46. The van der Waals surface area contributed by atoms with Crippen molar-refractivity contribution in [1.82, 2.24) is 15.0 Å². The van der Waals surface area contributed by atoms with Crippen molar-refractivity contribution in [3.63, 3.8) is 0 Å². The molecule has 0 atom stereocenters. The first kappa shape index (κ1) is 24.3. The lowest BCUT2D eigenvalue weighted by molar-refractivity contribution is 1.11. The molecule has 1 N–H and O–H groups in total. The van der Waals surface area contributed by atoms with E-state index >= 15 is 0 Å². The van der Waals surface area contributed by atoms with Crippen LogP contribution >= 0.6 is 39.1 Å². The third-order valence-electron chi connectivity index (χ3n) is 3.37. The Balaban J connectivity index is 0.000000210. The smallest absolute Gasteiger partial charge is 0.182 e. The number of hydrogen-bond acceptors (Lipinski definition) is 3. The van der Waals surface area contributed by atoms with Crippen molar-refractivity contribution < 1.29 is 0 Å². The SMILES string of the molecule is Cc1cc(=O)cc(C)[nH]1.Cc1cc(Cl)c(Br)c(C)n1.Cc1cc(Cl)cc(C)n1. The highest BCUT2D eigenvalue weighted by atomic mass is 79.9. The van der Waals surface area contributed by atoms with Gasteiger partial charge in [-0.25, -0.2) is 0 Å². The fourth-order valence-corrected chi connectivity index (χ4v) is 3.21. The summed E-state index contributed by atoms with van der Waals surface area (Å²) in [6.07, 6.45) is 0. The fourth-order valence-electron chi connectivity index (χ4n) is 2.40. The molecule has 150 valence electrons. The summed E-state index contributed by atoms with van der Waals surface area (Å²) in [5.41, 5.74) is 5.74. The number of aromatic nitrogens is 3. The van der Waals surface area contributed by atoms with Crippen LogP contribution < -0.4 is 5.43 Å². The number of halogens is 3. The molecule has 3 heterocycles. The molecule has 0 spiro atoms. The van der Waals surface area contributed by atoms with E-state index in [-0.39, 0.29) is 5.43 Å². The maximum atomic E-state index is 10.7. The summed E-state index contributed by atoms with van der Waals surface area (Å²) in [5, 5.41) is 1.49. The first-order chi connectivity index (χ1) is 13.0. The van der Waals surface area contributed by atoms with Crippen LogP contribution in [0.4, 0.5) is 0 Å². The monoisotopic (exact) mass is 483 g/mol. The molecule has 28 heavy (non-hydrogen) atoms. The third-order valence-corrected chi connectivity index (χ3v) is 5.11. The molecule has 0 saturated carbocycles. The van der Waals surface area contributed by atoms with Crippen LogP contribution in [0.5, 0.6) is 0 Å². The number of nitrogens with zero attached hydrogens (tertiary/aromatic N) is 2. The van der Waals surface area contributed by atoms with Crippen molar-refractivity contribution in [2.75, 3.05) is 0 Å². The summed E-state index contributed by atoms with van der Waals surface area (Å²) < 4.78 is 0.889. The van der Waals surface area contributed by atoms with Crippen LogP contribution in [-0.2, 0) is 0 Å². The lowest BCUT2D eigenvalue weighted by Crippen LogP contribution is -2.00. The molecule has 7 heteroatoms. The van der Waals surface area contributed by atoms with Crippen LogP contribution in [0.2, 0.25) is 10.0 Å². The molecular formula is C21H24BrCl2N3O. The van der Waals surface area contributed by atoms with Crippen LogP contribution in [0.25, 0.3) is 0 Å². The van der Waals surface area contributed by atoms with Gasteiger partial charge in [0, 0.05) is 45.6 Å². The number of nitrogens with one attached hydrogen (secondary N) is 1. The molecule has 0 radical (unpaired) electrons. The maximum Gasteiger partial charge on any atom is 0.182 e. The van der Waals surface area contributed by atoms with Gasteiger partial charge < -0.3 is 4.98 Å². The Morgan fingerprint density at radius 2 is 1.25 bits per heavy atom. The second kappa shape index (κ2) is 11.3. The van der Waals surface area contributed by atoms with Crippen LogP contribution in [0, 0.1) is 41.5 Å². The molecule has 0 saturated heterocycles. The Kier molecular flexibility index (Phi) is 9.87. The zero-order chi connectivity index (χ0) is 21.4. The number of H-pyrrole nitrogens is 1. The van der Waals surface area contributed by atoms with Crippen molar-refractivity contribution in [2.24, 2.45) is 0 Å². The Morgan fingerprint density at radius 3 is 1.64 bits per heavy atom. The summed E-state index contributed by atoms with van der Waals surface area (Å²) in [7, 11) is 0. The first-order valence-electron chi connectivity index (χ1n) is 8.55. The second-order valence-electron chi connectivity index (χ2n) is 6.40. The summed E-state index contributed by atoms with van der Waals surface area (Å²) in [6, 6.07) is 8.67. The lowest BCUT2D eigenvalue weighted by Gasteiger charge is -2.00. The van der Waals surface area contributed by atoms with Crippen molar-refractivity contribution in [3.05, 3.63) is 89.2 Å². The van der Waals surface area contributed by atoms with E-state index in [4.69, 9.17) is 23.2 Å². The summed E-state index contributed by atoms with van der Waals surface area (Å²) >= 11 is 14.9. The van der Waals surface area contributed by atoms with Gasteiger partial charge in [0.2, 0.25) is 0 Å². The minimum Gasteiger partial charge on any atom is -0.362 e. The van der Waals surface area contributed by atoms with Crippen LogP contribution in [0.15, 0.2) is 39.6 Å². The molecule has 0 bridgehead atoms. The first-order valence-corrected chi connectivity index (χ1v) is 10.1. The molecule has 0 aliphatic heterocycles. The van der Waals surface area contributed by atoms with Crippen LogP contribution in [0.3, 0.4) is 0 Å². The quantitative estimate of drug-likeness (QED) is 0.398. The number of pyridine rings is 3. The molecule has 0 aliphatic carbocycles. The van der Waals surface area contributed by atoms with Gasteiger partial charge in [-0.1, -0.05) is 23.2 Å². The molecule has 3 aromatic rings. The van der Waals surface area contributed by atoms with E-state index in [0.717, 1.165) is 48.7 Å². The standard InChI is InChI=1S/C7H7BrClN.C7H8ClN.C7H9NO/c1-4-3-6(9)7(8)5(2)10-4;1-5-3-7(8)4-6(2)9-5;1-5-3-7(9)4-6(2)8-5/h3H,1-2H3;3-4H,1-2H3;3-4H,1-2H3,(H,8,9). The van der Waals surface area contributed by atoms with Crippen LogP contribution in [-0.4, -0.2) is 15.0 Å². The van der Waals surface area contributed by atoms with Gasteiger partial charge >= 0.3 is 0 Å². The largest absolute Gasteiger partial charge is 0.362 e. The van der Waals surface area contributed by atoms with E-state index in [1.54, 1.807) is 12.1 Å². The molecular weight excluding hydrogens is 461 g/mol. The van der Waals surface area contributed by atoms with Crippen molar-refractivity contribution >= 4 is 39.1 Å². The van der Waals surface area contributed by atoms with E-state index in [2.05, 4.69) is 30.9 Å². The van der Waals surface area contributed by atoms with Crippen molar-refractivity contribution in [2.45, 2.75) is 41.5 Å². The van der Waals surface area contributed by atoms with Crippen LogP contribution in [0.1, 0.15) is 34.2 Å². The average molecular weight is 485 g/mol. The van der Waals surface area contributed by atoms with Gasteiger partial charge in [0.15, 0.2) is 5.43 Å². The predicted molar refractivity (Wildman–Crippen MR) is 122 cm³/mol. The van der Waals surface area contributed by atoms with Gasteiger partial charge in [-0.2, -0.15) is 0 Å². The minimum atomic E-state index is 0.0729. The van der Waals surface area contributed by atoms with Gasteiger partial charge in [-0.15, -0.1) is 0 Å².